The number of thioether (sulfide) groups is 1. The van der Waals surface area contributed by atoms with Gasteiger partial charge in [0.2, 0.25) is 5.91 Å². The van der Waals surface area contributed by atoms with Crippen LogP contribution in [-0.2, 0) is 22.4 Å². The minimum absolute atomic E-state index is 0.135. The van der Waals surface area contributed by atoms with E-state index in [9.17, 15) is 9.59 Å². The molecule has 3 rings (SSSR count). The molecule has 29 heavy (non-hydrogen) atoms. The van der Waals surface area contributed by atoms with E-state index in [2.05, 4.69) is 15.3 Å². The topological polar surface area (TPSA) is 81.2 Å². The van der Waals surface area contributed by atoms with Crippen LogP contribution >= 0.6 is 23.1 Å². The fourth-order valence-electron chi connectivity index (χ4n) is 3.46. The second kappa shape index (κ2) is 9.71. The van der Waals surface area contributed by atoms with Gasteiger partial charge in [0, 0.05) is 16.3 Å². The maximum atomic E-state index is 13.0. The Hall–Kier alpha value is -1.93. The number of thiophene rings is 1. The van der Waals surface area contributed by atoms with Crippen LogP contribution in [0.25, 0.3) is 0 Å². The quantitative estimate of drug-likeness (QED) is 0.387. The number of nitrogens with zero attached hydrogens (tertiary/aromatic N) is 2. The van der Waals surface area contributed by atoms with Crippen LogP contribution < -0.4 is 5.32 Å². The number of aryl methyl sites for hydroxylation is 3. The molecule has 1 atom stereocenters. The van der Waals surface area contributed by atoms with Crippen molar-refractivity contribution in [3.63, 3.8) is 0 Å². The highest BCUT2D eigenvalue weighted by Gasteiger charge is 2.29. The number of anilines is 1. The van der Waals surface area contributed by atoms with Crippen molar-refractivity contribution in [2.75, 3.05) is 11.9 Å². The minimum atomic E-state index is -0.347. The number of ether oxygens (including phenoxy) is 1. The predicted octanol–water partition coefficient (Wildman–Crippen LogP) is 4.72. The standard InChI is InChI=1S/C21H27N3O3S2/c1-5-15(29-21-22-12(3)11-13(4)23-21)18(25)24-19-17(20(26)27-6-2)14-9-7-8-10-16(14)28-19/h11,15H,5-10H2,1-4H3,(H,24,25). The number of esters is 1. The van der Waals surface area contributed by atoms with E-state index in [1.807, 2.05) is 26.8 Å². The molecular weight excluding hydrogens is 406 g/mol. The van der Waals surface area contributed by atoms with E-state index in [1.165, 1.54) is 28.0 Å². The molecule has 0 aromatic carbocycles. The fraction of sp³-hybridized carbons (Fsp3) is 0.524. The van der Waals surface area contributed by atoms with Gasteiger partial charge in [0.25, 0.3) is 0 Å². The maximum absolute atomic E-state index is 13.0. The molecule has 156 valence electrons. The highest BCUT2D eigenvalue weighted by molar-refractivity contribution is 8.00. The average molecular weight is 434 g/mol. The van der Waals surface area contributed by atoms with Crippen LogP contribution in [0.4, 0.5) is 5.00 Å². The lowest BCUT2D eigenvalue weighted by Gasteiger charge is -2.15. The van der Waals surface area contributed by atoms with Crippen molar-refractivity contribution in [1.29, 1.82) is 0 Å². The van der Waals surface area contributed by atoms with Crippen LogP contribution in [-0.4, -0.2) is 33.7 Å². The number of hydrogen-bond donors (Lipinski definition) is 1. The van der Waals surface area contributed by atoms with Crippen molar-refractivity contribution in [2.45, 2.75) is 70.2 Å². The number of carbonyl (C=O) groups is 2. The fourth-order valence-corrected chi connectivity index (χ4v) is 5.72. The summed E-state index contributed by atoms with van der Waals surface area (Å²) in [6.45, 7) is 7.91. The minimum Gasteiger partial charge on any atom is -0.462 e. The molecule has 1 aliphatic carbocycles. The van der Waals surface area contributed by atoms with E-state index in [0.29, 0.717) is 28.7 Å². The first kappa shape index (κ1) is 21.8. The lowest BCUT2D eigenvalue weighted by Crippen LogP contribution is -2.25. The van der Waals surface area contributed by atoms with Crippen LogP contribution in [0, 0.1) is 13.8 Å². The van der Waals surface area contributed by atoms with Crippen molar-refractivity contribution >= 4 is 40.0 Å². The summed E-state index contributed by atoms with van der Waals surface area (Å²) in [4.78, 5) is 35.7. The smallest absolute Gasteiger partial charge is 0.341 e. The van der Waals surface area contributed by atoms with Gasteiger partial charge in [0.05, 0.1) is 17.4 Å². The summed E-state index contributed by atoms with van der Waals surface area (Å²) in [5.41, 5.74) is 3.35. The molecule has 1 unspecified atom stereocenters. The van der Waals surface area contributed by atoms with Crippen LogP contribution in [0.5, 0.6) is 0 Å². The third-order valence-corrected chi connectivity index (χ3v) is 7.19. The Balaban J connectivity index is 1.83. The summed E-state index contributed by atoms with van der Waals surface area (Å²) in [7, 11) is 0. The molecule has 8 heteroatoms. The van der Waals surface area contributed by atoms with Crippen LogP contribution in [0.1, 0.15) is 65.3 Å². The van der Waals surface area contributed by atoms with Crippen molar-refractivity contribution in [3.8, 4) is 0 Å². The normalized spacial score (nSPS) is 14.2. The lowest BCUT2D eigenvalue weighted by atomic mass is 9.95. The van der Waals surface area contributed by atoms with Gasteiger partial charge in [-0.05, 0) is 64.5 Å². The van der Waals surface area contributed by atoms with E-state index in [1.54, 1.807) is 6.92 Å². The van der Waals surface area contributed by atoms with Crippen molar-refractivity contribution < 1.29 is 14.3 Å². The molecule has 0 fully saturated rings. The Kier molecular flexibility index (Phi) is 7.29. The van der Waals surface area contributed by atoms with Crippen molar-refractivity contribution in [2.24, 2.45) is 0 Å². The molecule has 2 aromatic heterocycles. The van der Waals surface area contributed by atoms with Gasteiger partial charge in [-0.3, -0.25) is 4.79 Å². The molecule has 0 saturated heterocycles. The summed E-state index contributed by atoms with van der Waals surface area (Å²) >= 11 is 2.87. The SMILES string of the molecule is CCOC(=O)c1c(NC(=O)C(CC)Sc2nc(C)cc(C)n2)sc2c1CCCC2. The molecule has 2 aromatic rings. The van der Waals surface area contributed by atoms with Gasteiger partial charge in [-0.25, -0.2) is 14.8 Å². The summed E-state index contributed by atoms with van der Waals surface area (Å²) in [6, 6.07) is 1.91. The van der Waals surface area contributed by atoms with Gasteiger partial charge in [0.1, 0.15) is 5.00 Å². The van der Waals surface area contributed by atoms with Gasteiger partial charge >= 0.3 is 5.97 Å². The number of rotatable bonds is 7. The average Bonchev–Trinajstić information content (AvgIpc) is 3.03. The molecule has 2 heterocycles. The van der Waals surface area contributed by atoms with Gasteiger partial charge in [-0.15, -0.1) is 11.3 Å². The number of hydrogen-bond acceptors (Lipinski definition) is 7. The molecule has 1 amide bonds. The molecule has 6 nitrogen and oxygen atoms in total. The molecule has 0 spiro atoms. The molecule has 0 bridgehead atoms. The monoisotopic (exact) mass is 433 g/mol. The van der Waals surface area contributed by atoms with Gasteiger partial charge in [-0.2, -0.15) is 0 Å². The predicted molar refractivity (Wildman–Crippen MR) is 117 cm³/mol. The summed E-state index contributed by atoms with van der Waals surface area (Å²) in [5, 5.41) is 3.88. The Morgan fingerprint density at radius 1 is 1.21 bits per heavy atom. The zero-order chi connectivity index (χ0) is 21.0. The Morgan fingerprint density at radius 2 is 1.90 bits per heavy atom. The summed E-state index contributed by atoms with van der Waals surface area (Å²) < 4.78 is 5.27. The highest BCUT2D eigenvalue weighted by Crippen LogP contribution is 2.39. The van der Waals surface area contributed by atoms with E-state index in [-0.39, 0.29) is 17.1 Å². The Morgan fingerprint density at radius 3 is 2.55 bits per heavy atom. The third kappa shape index (κ3) is 5.17. The molecule has 0 saturated carbocycles. The summed E-state index contributed by atoms with van der Waals surface area (Å²) in [5.74, 6) is -0.482. The first-order chi connectivity index (χ1) is 13.9. The second-order valence-electron chi connectivity index (χ2n) is 7.07. The van der Waals surface area contributed by atoms with Crippen LogP contribution in [0.3, 0.4) is 0 Å². The van der Waals surface area contributed by atoms with E-state index in [4.69, 9.17) is 4.74 Å². The Bertz CT molecular complexity index is 891. The zero-order valence-corrected chi connectivity index (χ0v) is 19.0. The zero-order valence-electron chi connectivity index (χ0n) is 17.3. The summed E-state index contributed by atoms with van der Waals surface area (Å²) in [6.07, 6.45) is 4.61. The van der Waals surface area contributed by atoms with Gasteiger partial charge in [0.15, 0.2) is 5.16 Å². The van der Waals surface area contributed by atoms with E-state index < -0.39 is 0 Å². The second-order valence-corrected chi connectivity index (χ2v) is 9.35. The van der Waals surface area contributed by atoms with Crippen molar-refractivity contribution in [3.05, 3.63) is 33.5 Å². The number of aromatic nitrogens is 2. The number of nitrogens with one attached hydrogen (secondary N) is 1. The number of fused-ring (bicyclic) bond motifs is 1. The molecule has 1 N–H and O–H groups in total. The van der Waals surface area contributed by atoms with E-state index in [0.717, 1.165) is 42.6 Å². The Labute approximate surface area is 179 Å². The van der Waals surface area contributed by atoms with Gasteiger partial charge < -0.3 is 10.1 Å². The lowest BCUT2D eigenvalue weighted by molar-refractivity contribution is -0.115. The van der Waals surface area contributed by atoms with Crippen LogP contribution in [0.15, 0.2) is 11.2 Å². The number of carbonyl (C=O) groups excluding carboxylic acids is 2. The maximum Gasteiger partial charge on any atom is 0.341 e. The molecule has 0 aliphatic heterocycles. The molecule has 1 aliphatic rings. The molecular formula is C21H27N3O3S2. The van der Waals surface area contributed by atoms with Crippen molar-refractivity contribution in [1.82, 2.24) is 9.97 Å². The third-order valence-electron chi connectivity index (χ3n) is 4.76. The van der Waals surface area contributed by atoms with Gasteiger partial charge in [-0.1, -0.05) is 18.7 Å². The largest absolute Gasteiger partial charge is 0.462 e. The first-order valence-electron chi connectivity index (χ1n) is 10.0. The van der Waals surface area contributed by atoms with Crippen LogP contribution in [0.2, 0.25) is 0 Å². The molecule has 0 radical (unpaired) electrons. The number of amides is 1. The first-order valence-corrected chi connectivity index (χ1v) is 11.7. The highest BCUT2D eigenvalue weighted by atomic mass is 32.2. The van der Waals surface area contributed by atoms with E-state index >= 15 is 0 Å².